The first kappa shape index (κ1) is 42.5. The van der Waals surface area contributed by atoms with Gasteiger partial charge in [0.2, 0.25) is 0 Å². The maximum atomic E-state index is 13.7. The number of benzene rings is 8. The van der Waals surface area contributed by atoms with Crippen molar-refractivity contribution in [3.05, 3.63) is 178 Å². The van der Waals surface area contributed by atoms with Gasteiger partial charge in [0, 0.05) is 17.5 Å². The summed E-state index contributed by atoms with van der Waals surface area (Å²) in [5.74, 6) is 1.15. The summed E-state index contributed by atoms with van der Waals surface area (Å²) >= 11 is 0. The molecule has 0 atom stereocenters. The molecule has 0 aliphatic carbocycles. The number of ether oxygens (including phenoxy) is 2. The number of hydrogen-bond donors (Lipinski definition) is 0. The summed E-state index contributed by atoms with van der Waals surface area (Å²) < 4.78 is 24.5. The van der Waals surface area contributed by atoms with Crippen LogP contribution in [0.4, 0.5) is 0 Å². The summed E-state index contributed by atoms with van der Waals surface area (Å²) in [7, 11) is 0. The average molecular weight is 869 g/mol. The maximum absolute atomic E-state index is 13.7. The quantitative estimate of drug-likeness (QED) is 0.122. The lowest BCUT2D eigenvalue weighted by molar-refractivity contribution is 0.122. The highest BCUT2D eigenvalue weighted by Crippen LogP contribution is 2.40. The summed E-state index contributed by atoms with van der Waals surface area (Å²) in [6, 6.07) is 51.4. The van der Waals surface area contributed by atoms with E-state index in [-0.39, 0.29) is 11.0 Å². The molecule has 10 rings (SSSR count). The van der Waals surface area contributed by atoms with Crippen LogP contribution in [0.3, 0.4) is 0 Å². The highest BCUT2D eigenvalue weighted by atomic mass is 16.5. The van der Waals surface area contributed by atoms with Crippen molar-refractivity contribution in [2.45, 2.75) is 78.9 Å². The fraction of sp³-hybridized carbons (Fsp3) is 0.200. The Morgan fingerprint density at radius 1 is 0.379 bits per heavy atom. The van der Waals surface area contributed by atoms with Crippen molar-refractivity contribution in [3.8, 4) is 56.0 Å². The Morgan fingerprint density at radius 3 is 1.53 bits per heavy atom. The second-order valence-corrected chi connectivity index (χ2v) is 20.4. The Hall–Kier alpha value is -7.44. The molecule has 0 unspecified atom stereocenters. The molecule has 10 aromatic rings. The van der Waals surface area contributed by atoms with E-state index >= 15 is 0 Å². The zero-order chi connectivity index (χ0) is 46.3. The molecule has 0 aliphatic rings. The molecule has 2 aromatic heterocycles. The lowest BCUT2D eigenvalue weighted by Crippen LogP contribution is -2.24. The summed E-state index contributed by atoms with van der Waals surface area (Å²) in [5, 5.41) is 8.06. The van der Waals surface area contributed by atoms with Crippen molar-refractivity contribution in [2.24, 2.45) is 0 Å². The third kappa shape index (κ3) is 8.13. The molecule has 0 aliphatic heterocycles. The summed E-state index contributed by atoms with van der Waals surface area (Å²) in [5.41, 5.74) is 7.32. The second-order valence-electron chi connectivity index (χ2n) is 20.4. The number of hydrogen-bond acceptors (Lipinski definition) is 6. The zero-order valence-corrected chi connectivity index (χ0v) is 38.9. The topological polar surface area (TPSA) is 78.9 Å². The van der Waals surface area contributed by atoms with Gasteiger partial charge in [-0.05, 0) is 149 Å². The minimum atomic E-state index is -0.498. The van der Waals surface area contributed by atoms with Crippen molar-refractivity contribution in [3.63, 3.8) is 0 Å². The first-order valence-corrected chi connectivity index (χ1v) is 22.5. The fourth-order valence-corrected chi connectivity index (χ4v) is 9.01. The molecule has 0 bridgehead atoms. The van der Waals surface area contributed by atoms with Crippen molar-refractivity contribution >= 4 is 54.3 Å². The molecule has 328 valence electrons. The molecule has 0 fully saturated rings. The molecule has 0 saturated heterocycles. The van der Waals surface area contributed by atoms with E-state index in [9.17, 15) is 9.59 Å². The van der Waals surface area contributed by atoms with Gasteiger partial charge in [0.05, 0.1) is 16.5 Å². The average Bonchev–Trinajstić information content (AvgIpc) is 3.26. The molecule has 0 N–H and O–H groups in total. The predicted octanol–water partition coefficient (Wildman–Crippen LogP) is 15.7. The van der Waals surface area contributed by atoms with E-state index in [1.54, 1.807) is 6.07 Å². The van der Waals surface area contributed by atoms with E-state index in [4.69, 9.17) is 18.3 Å². The lowest BCUT2D eigenvalue weighted by atomic mass is 9.85. The molecule has 0 radical (unpaired) electrons. The summed E-state index contributed by atoms with van der Waals surface area (Å²) in [6.07, 6.45) is 0. The number of fused-ring (bicyclic) bond motifs is 6. The third-order valence-electron chi connectivity index (χ3n) is 12.1. The van der Waals surface area contributed by atoms with Crippen LogP contribution < -0.4 is 20.7 Å². The molecule has 0 amide bonds. The van der Waals surface area contributed by atoms with Gasteiger partial charge in [-0.25, -0.2) is 9.59 Å². The molecule has 2 heterocycles. The number of rotatable bonds is 6. The van der Waals surface area contributed by atoms with Crippen molar-refractivity contribution in [2.75, 3.05) is 0 Å². The molecular weight excluding hydrogens is 817 g/mol. The largest absolute Gasteiger partial charge is 0.488 e. The van der Waals surface area contributed by atoms with Crippen molar-refractivity contribution in [1.82, 2.24) is 0 Å². The van der Waals surface area contributed by atoms with Gasteiger partial charge in [-0.15, -0.1) is 0 Å². The molecule has 6 nitrogen and oxygen atoms in total. The minimum absolute atomic E-state index is 0.0243. The Balaban J connectivity index is 0.995. The van der Waals surface area contributed by atoms with Gasteiger partial charge in [-0.1, -0.05) is 130 Å². The Bertz CT molecular complexity index is 3680. The van der Waals surface area contributed by atoms with Gasteiger partial charge in [0.25, 0.3) is 0 Å². The third-order valence-corrected chi connectivity index (χ3v) is 12.1. The normalized spacial score (nSPS) is 12.4. The SMILES string of the molecule is CC(C)(C)Oc1cc(OC(C)(C)C)c2cc(-c3ccc4ccc(-c5cccc6c(-c7ccc(-c8cc9c(ccc%10cc(C(C)(C)C)ccc%109)oc8=O)cc7)cccc56)cc4c3)c(=O)oc2c1. The van der Waals surface area contributed by atoms with E-state index in [0.717, 1.165) is 71.1 Å². The fourth-order valence-electron chi connectivity index (χ4n) is 9.01. The van der Waals surface area contributed by atoms with Crippen molar-refractivity contribution in [1.29, 1.82) is 0 Å². The Kier molecular flexibility index (Phi) is 10.1. The van der Waals surface area contributed by atoms with Crippen LogP contribution in [-0.4, -0.2) is 11.2 Å². The van der Waals surface area contributed by atoms with E-state index in [1.807, 2.05) is 96.1 Å². The van der Waals surface area contributed by atoms with Gasteiger partial charge in [0.1, 0.15) is 33.9 Å². The van der Waals surface area contributed by atoms with Crippen LogP contribution in [-0.2, 0) is 5.41 Å². The van der Waals surface area contributed by atoms with Crippen LogP contribution >= 0.6 is 0 Å². The van der Waals surface area contributed by atoms with Crippen LogP contribution in [0.1, 0.15) is 67.9 Å². The molecule has 0 spiro atoms. The Labute approximate surface area is 384 Å². The lowest BCUT2D eigenvalue weighted by Gasteiger charge is -2.25. The van der Waals surface area contributed by atoms with Crippen molar-refractivity contribution < 1.29 is 18.3 Å². The highest BCUT2D eigenvalue weighted by Gasteiger charge is 2.22. The van der Waals surface area contributed by atoms with Gasteiger partial charge in [0.15, 0.2) is 0 Å². The summed E-state index contributed by atoms with van der Waals surface area (Å²) in [4.78, 5) is 27.1. The maximum Gasteiger partial charge on any atom is 0.344 e. The standard InChI is InChI=1S/C60H52O6/c1-58(2,3)42-25-26-46-40(30-42)24-27-53-51(46)33-49(56(61)63-53)37-20-18-36(19-21-37)44-12-10-15-48-45(13-11-14-47(44)48)38-22-16-35-17-23-39(29-41(35)28-38)50-34-52-54(64-57(50)62)31-43(65-59(4,5)6)32-55(52)66-60(7,8)9/h10-34H,1-9H3. The van der Waals surface area contributed by atoms with E-state index < -0.39 is 16.8 Å². The van der Waals surface area contributed by atoms with Crippen LogP contribution in [0.5, 0.6) is 11.5 Å². The predicted molar refractivity (Wildman–Crippen MR) is 272 cm³/mol. The second kappa shape index (κ2) is 15.6. The minimum Gasteiger partial charge on any atom is -0.488 e. The van der Waals surface area contributed by atoms with Gasteiger partial charge >= 0.3 is 11.3 Å². The van der Waals surface area contributed by atoms with Gasteiger partial charge < -0.3 is 18.3 Å². The monoisotopic (exact) mass is 868 g/mol. The molecule has 6 heteroatoms. The van der Waals surface area contributed by atoms with Crippen LogP contribution in [0.2, 0.25) is 0 Å². The highest BCUT2D eigenvalue weighted by molar-refractivity contribution is 6.08. The first-order chi connectivity index (χ1) is 31.3. The molecular formula is C60H52O6. The van der Waals surface area contributed by atoms with Crippen LogP contribution in [0.25, 0.3) is 98.8 Å². The van der Waals surface area contributed by atoms with Gasteiger partial charge in [-0.3, -0.25) is 0 Å². The first-order valence-electron chi connectivity index (χ1n) is 22.5. The molecule has 66 heavy (non-hydrogen) atoms. The van der Waals surface area contributed by atoms with Crippen LogP contribution in [0.15, 0.2) is 170 Å². The Morgan fingerprint density at radius 2 is 0.909 bits per heavy atom. The zero-order valence-electron chi connectivity index (χ0n) is 38.9. The van der Waals surface area contributed by atoms with Crippen LogP contribution in [0, 0.1) is 0 Å². The van der Waals surface area contributed by atoms with E-state index in [2.05, 4.69) is 112 Å². The van der Waals surface area contributed by atoms with E-state index in [1.165, 1.54) is 5.56 Å². The molecule has 0 saturated carbocycles. The van der Waals surface area contributed by atoms with E-state index in [0.29, 0.717) is 39.2 Å². The summed E-state index contributed by atoms with van der Waals surface area (Å²) in [6.45, 7) is 18.5. The smallest absolute Gasteiger partial charge is 0.344 e. The molecule has 8 aromatic carbocycles. The van der Waals surface area contributed by atoms with Gasteiger partial charge in [-0.2, -0.15) is 0 Å².